The van der Waals surface area contributed by atoms with Gasteiger partial charge in [-0.2, -0.15) is 0 Å². The predicted octanol–water partition coefficient (Wildman–Crippen LogP) is -0.0265. The molecule has 66 valence electrons. The van der Waals surface area contributed by atoms with Crippen LogP contribution >= 0.6 is 0 Å². The molecule has 0 fully saturated rings. The van der Waals surface area contributed by atoms with Gasteiger partial charge in [0.05, 0.1) is 0 Å². The zero-order chi connectivity index (χ0) is 8.32. The van der Waals surface area contributed by atoms with Crippen molar-refractivity contribution < 1.29 is 15.7 Å². The van der Waals surface area contributed by atoms with Crippen LogP contribution in [0.2, 0.25) is 0 Å². The van der Waals surface area contributed by atoms with Crippen molar-refractivity contribution in [3.63, 3.8) is 0 Å². The van der Waals surface area contributed by atoms with Gasteiger partial charge in [0.2, 0.25) is 0 Å². The number of benzene rings is 1. The van der Waals surface area contributed by atoms with Crippen molar-refractivity contribution in [2.45, 2.75) is 0 Å². The molecule has 1 aromatic carbocycles. The summed E-state index contributed by atoms with van der Waals surface area (Å²) in [5, 5.41) is 0. The number of para-hydroxylation sites is 1. The molecule has 0 aliphatic rings. The molecule has 4 nitrogen and oxygen atoms in total. The van der Waals surface area contributed by atoms with Gasteiger partial charge in [-0.3, -0.25) is 0 Å². The maximum atomic E-state index is 10.2. The molecule has 12 heavy (non-hydrogen) atoms. The Morgan fingerprint density at radius 2 is 1.67 bits per heavy atom. The van der Waals surface area contributed by atoms with Gasteiger partial charge >= 0.3 is 65.1 Å². The van der Waals surface area contributed by atoms with E-state index in [0.717, 1.165) is 0 Å². The quantitative estimate of drug-likeness (QED) is 0.779. The van der Waals surface area contributed by atoms with Crippen molar-refractivity contribution in [3.8, 4) is 5.75 Å². The molecule has 0 saturated heterocycles. The average Bonchev–Trinajstić information content (AvgIpc) is 1.85. The van der Waals surface area contributed by atoms with Crippen LogP contribution in [0.15, 0.2) is 30.3 Å². The van der Waals surface area contributed by atoms with Crippen molar-refractivity contribution in [3.05, 3.63) is 30.3 Å². The molecule has 0 heterocycles. The van der Waals surface area contributed by atoms with Gasteiger partial charge in [0.1, 0.15) is 0 Å². The third-order valence-corrected chi connectivity index (χ3v) is 1.79. The smallest absolute Gasteiger partial charge is 0 e. The fraction of sp³-hybridized carbons (Fsp3) is 0. The zero-order valence-electron chi connectivity index (χ0n) is 5.88. The van der Waals surface area contributed by atoms with Crippen molar-refractivity contribution in [2.24, 2.45) is 0 Å². The van der Waals surface area contributed by atoms with Gasteiger partial charge in [-0.25, -0.2) is 0 Å². The van der Waals surface area contributed by atoms with E-state index in [1.54, 1.807) is 18.2 Å². The molecule has 0 unspecified atom stereocenters. The Bertz CT molecular complexity index is 319. The summed E-state index contributed by atoms with van der Waals surface area (Å²) in [5.74, 6) is 0.125. The van der Waals surface area contributed by atoms with Crippen molar-refractivity contribution in [1.29, 1.82) is 0 Å². The summed E-state index contributed by atoms with van der Waals surface area (Å²) in [5.41, 5.74) is 0. The number of hydrogen-bond acceptors (Lipinski definition) is 3. The standard InChI is InChI=1S/C6H6O4Se.Se/c7-11(8,9)10-6-4-2-1-3-5-6;/h1-5H,(H,7,8,9);. The maximum Gasteiger partial charge on any atom is 0 e. The monoisotopic (exact) mass is 302 g/mol. The van der Waals surface area contributed by atoms with Crippen LogP contribution < -0.4 is 3.82 Å². The summed E-state index contributed by atoms with van der Waals surface area (Å²) in [6.07, 6.45) is 0. The van der Waals surface area contributed by atoms with Gasteiger partial charge in [-0.15, -0.1) is 0 Å². The Labute approximate surface area is 82.3 Å². The molecule has 1 rings (SSSR count). The molecule has 0 saturated carbocycles. The van der Waals surface area contributed by atoms with Crippen LogP contribution in [-0.4, -0.2) is 34.6 Å². The SMILES string of the molecule is O=[Se](=O)(O)Oc1ccccc1.[Se]. The summed E-state index contributed by atoms with van der Waals surface area (Å²) in [6.45, 7) is 0. The van der Waals surface area contributed by atoms with E-state index in [4.69, 9.17) is 4.19 Å². The Hall–Kier alpha value is -0.381. The van der Waals surface area contributed by atoms with E-state index in [1.165, 1.54) is 12.1 Å². The Morgan fingerprint density at radius 1 is 1.17 bits per heavy atom. The van der Waals surface area contributed by atoms with Crippen LogP contribution in [0.4, 0.5) is 0 Å². The molecule has 0 bridgehead atoms. The van der Waals surface area contributed by atoms with Crippen LogP contribution in [0.1, 0.15) is 0 Å². The summed E-state index contributed by atoms with van der Waals surface area (Å²) >= 11 is -5.06. The maximum absolute atomic E-state index is 10.2. The van der Waals surface area contributed by atoms with E-state index in [1.807, 2.05) is 0 Å². The molecular weight excluding hydrogens is 294 g/mol. The number of rotatable bonds is 2. The zero-order valence-corrected chi connectivity index (χ0v) is 9.30. The first-order valence-corrected chi connectivity index (χ1v) is 5.66. The topological polar surface area (TPSA) is 63.6 Å². The van der Waals surface area contributed by atoms with E-state index < -0.39 is 13.4 Å². The second kappa shape index (κ2) is 4.60. The molecule has 6 heteroatoms. The molecule has 1 N–H and O–H groups in total. The van der Waals surface area contributed by atoms with Crippen LogP contribution in [0, 0.1) is 0 Å². The molecule has 2 radical (unpaired) electrons. The van der Waals surface area contributed by atoms with Crippen LogP contribution in [-0.2, 0) is 7.67 Å². The Kier molecular flexibility index (Phi) is 4.45. The first-order valence-electron chi connectivity index (χ1n) is 2.80. The molecule has 1 aromatic rings. The van der Waals surface area contributed by atoms with Crippen LogP contribution in [0.5, 0.6) is 5.75 Å². The van der Waals surface area contributed by atoms with E-state index in [0.29, 0.717) is 0 Å². The van der Waals surface area contributed by atoms with E-state index >= 15 is 0 Å². The van der Waals surface area contributed by atoms with Gasteiger partial charge in [-0.1, -0.05) is 0 Å². The summed E-state index contributed by atoms with van der Waals surface area (Å²) in [7, 11) is 0. The summed E-state index contributed by atoms with van der Waals surface area (Å²) in [6, 6.07) is 7.82. The minimum atomic E-state index is -5.06. The van der Waals surface area contributed by atoms with Gasteiger partial charge in [0.15, 0.2) is 0 Å². The van der Waals surface area contributed by atoms with E-state index in [9.17, 15) is 7.67 Å². The van der Waals surface area contributed by atoms with Crippen molar-refractivity contribution in [1.82, 2.24) is 0 Å². The summed E-state index contributed by atoms with van der Waals surface area (Å²) < 4.78 is 32.9. The first kappa shape index (κ1) is 11.6. The molecule has 0 amide bonds. The third kappa shape index (κ3) is 4.49. The average molecular weight is 300 g/mol. The first-order chi connectivity index (χ1) is 5.08. The van der Waals surface area contributed by atoms with Crippen molar-refractivity contribution >= 4 is 30.4 Å². The minimum absolute atomic E-state index is 0. The van der Waals surface area contributed by atoms with Gasteiger partial charge in [-0.05, 0) is 0 Å². The number of hydrogen-bond donors (Lipinski definition) is 1. The molecular formula is C6H6O4Se2. The molecule has 0 atom stereocenters. The molecule has 0 aliphatic carbocycles. The molecule has 0 aliphatic heterocycles. The van der Waals surface area contributed by atoms with Crippen molar-refractivity contribution in [2.75, 3.05) is 0 Å². The fourth-order valence-corrected chi connectivity index (χ4v) is 1.34. The normalized spacial score (nSPS) is 10.1. The fourth-order valence-electron chi connectivity index (χ4n) is 0.598. The minimum Gasteiger partial charge on any atom is 0 e. The summed E-state index contributed by atoms with van der Waals surface area (Å²) in [4.78, 5) is 0. The predicted molar refractivity (Wildman–Crippen MR) is 42.2 cm³/mol. The van der Waals surface area contributed by atoms with Crippen LogP contribution in [0.25, 0.3) is 0 Å². The second-order valence-electron chi connectivity index (χ2n) is 1.82. The Balaban J connectivity index is 0.00000121. The van der Waals surface area contributed by atoms with E-state index in [2.05, 4.69) is 3.82 Å². The second-order valence-corrected chi connectivity index (χ2v) is 3.97. The third-order valence-electron chi connectivity index (χ3n) is 0.945. The van der Waals surface area contributed by atoms with E-state index in [-0.39, 0.29) is 22.8 Å². The van der Waals surface area contributed by atoms with Gasteiger partial charge in [0, 0.05) is 17.1 Å². The van der Waals surface area contributed by atoms with Crippen LogP contribution in [0.3, 0.4) is 0 Å². The molecule has 0 spiro atoms. The molecule has 0 aromatic heterocycles. The Morgan fingerprint density at radius 3 is 2.08 bits per heavy atom. The largest absolute Gasteiger partial charge is 0 e. The van der Waals surface area contributed by atoms with Gasteiger partial charge < -0.3 is 0 Å². The van der Waals surface area contributed by atoms with Gasteiger partial charge in [0.25, 0.3) is 0 Å².